The SMILES string of the molecule is Cc1csc(Sc2ccc(NC(=O)c3cc4c(C)nn(C)c4s3)c(C)c2)n1. The van der Waals surface area contributed by atoms with Crippen LogP contribution in [0, 0.1) is 20.8 Å². The topological polar surface area (TPSA) is 59.8 Å². The van der Waals surface area contributed by atoms with E-state index in [9.17, 15) is 4.79 Å². The minimum atomic E-state index is -0.0883. The lowest BCUT2D eigenvalue weighted by Gasteiger charge is -2.09. The lowest BCUT2D eigenvalue weighted by atomic mass is 10.2. The minimum Gasteiger partial charge on any atom is -0.321 e. The van der Waals surface area contributed by atoms with Crippen molar-refractivity contribution >= 4 is 56.2 Å². The minimum absolute atomic E-state index is 0.0883. The van der Waals surface area contributed by atoms with E-state index < -0.39 is 0 Å². The van der Waals surface area contributed by atoms with Crippen molar-refractivity contribution in [1.82, 2.24) is 14.8 Å². The number of hydrogen-bond donors (Lipinski definition) is 1. The van der Waals surface area contributed by atoms with Gasteiger partial charge in [0.15, 0.2) is 4.34 Å². The van der Waals surface area contributed by atoms with Gasteiger partial charge in [-0.25, -0.2) is 4.98 Å². The first kappa shape index (κ1) is 18.2. The summed E-state index contributed by atoms with van der Waals surface area (Å²) >= 11 is 4.75. The molecule has 5 nitrogen and oxygen atoms in total. The van der Waals surface area contributed by atoms with Crippen molar-refractivity contribution in [3.05, 3.63) is 51.5 Å². The van der Waals surface area contributed by atoms with Gasteiger partial charge in [0.25, 0.3) is 5.91 Å². The van der Waals surface area contributed by atoms with Crippen LogP contribution in [-0.2, 0) is 7.05 Å². The third-order valence-electron chi connectivity index (χ3n) is 4.17. The van der Waals surface area contributed by atoms with Crippen molar-refractivity contribution in [1.29, 1.82) is 0 Å². The summed E-state index contributed by atoms with van der Waals surface area (Å²) in [6, 6.07) is 7.97. The number of aryl methyl sites for hydroxylation is 4. The van der Waals surface area contributed by atoms with Crippen molar-refractivity contribution in [3.63, 3.8) is 0 Å². The number of nitrogens with zero attached hydrogens (tertiary/aromatic N) is 3. The predicted molar refractivity (Wildman–Crippen MR) is 113 cm³/mol. The molecule has 0 atom stereocenters. The number of carbonyl (C=O) groups excluding carboxylic acids is 1. The number of fused-ring (bicyclic) bond motifs is 1. The Balaban J connectivity index is 1.52. The Labute approximate surface area is 169 Å². The summed E-state index contributed by atoms with van der Waals surface area (Å²) in [5.74, 6) is -0.0883. The predicted octanol–water partition coefficient (Wildman–Crippen LogP) is 5.42. The largest absolute Gasteiger partial charge is 0.321 e. The molecule has 4 aromatic rings. The maximum absolute atomic E-state index is 12.7. The van der Waals surface area contributed by atoms with Crippen LogP contribution in [0.25, 0.3) is 10.2 Å². The molecule has 0 aliphatic carbocycles. The van der Waals surface area contributed by atoms with Gasteiger partial charge < -0.3 is 5.32 Å². The van der Waals surface area contributed by atoms with Gasteiger partial charge in [-0.2, -0.15) is 5.10 Å². The van der Waals surface area contributed by atoms with Crippen LogP contribution < -0.4 is 5.32 Å². The summed E-state index contributed by atoms with van der Waals surface area (Å²) in [4.78, 5) is 20.0. The fraction of sp³-hybridized carbons (Fsp3) is 0.211. The molecule has 0 aliphatic heterocycles. The van der Waals surface area contributed by atoms with Crippen LogP contribution in [0.2, 0.25) is 0 Å². The van der Waals surface area contributed by atoms with E-state index in [0.29, 0.717) is 4.88 Å². The molecule has 8 heteroatoms. The first-order valence-corrected chi connectivity index (χ1v) is 10.9. The summed E-state index contributed by atoms with van der Waals surface area (Å²) < 4.78 is 2.85. The van der Waals surface area contributed by atoms with Crippen LogP contribution in [0.3, 0.4) is 0 Å². The molecule has 0 unspecified atom stereocenters. The Morgan fingerprint density at radius 3 is 2.70 bits per heavy atom. The summed E-state index contributed by atoms with van der Waals surface area (Å²) in [6.07, 6.45) is 0. The fourth-order valence-corrected chi connectivity index (χ4v) is 5.75. The average molecular weight is 415 g/mol. The third kappa shape index (κ3) is 3.65. The Morgan fingerprint density at radius 1 is 1.22 bits per heavy atom. The smallest absolute Gasteiger partial charge is 0.265 e. The Hall–Kier alpha value is -2.16. The van der Waals surface area contributed by atoms with Crippen molar-refractivity contribution in [3.8, 4) is 0 Å². The summed E-state index contributed by atoms with van der Waals surface area (Å²) in [5.41, 5.74) is 3.84. The molecule has 3 heterocycles. The van der Waals surface area contributed by atoms with Crippen LogP contribution >= 0.6 is 34.4 Å². The van der Waals surface area contributed by atoms with Gasteiger partial charge in [0.1, 0.15) is 4.83 Å². The van der Waals surface area contributed by atoms with Crippen LogP contribution in [0.4, 0.5) is 5.69 Å². The zero-order valence-corrected chi connectivity index (χ0v) is 17.8. The van der Waals surface area contributed by atoms with Crippen LogP contribution in [0.1, 0.15) is 26.6 Å². The molecule has 0 fully saturated rings. The van der Waals surface area contributed by atoms with E-state index in [1.807, 2.05) is 56.1 Å². The van der Waals surface area contributed by atoms with Gasteiger partial charge in [-0.3, -0.25) is 9.48 Å². The van der Waals surface area contributed by atoms with Gasteiger partial charge in [0.05, 0.1) is 10.6 Å². The Kier molecular flexibility index (Phi) is 4.79. The van der Waals surface area contributed by atoms with Gasteiger partial charge in [0, 0.05) is 34.1 Å². The number of rotatable bonds is 4. The molecule has 0 spiro atoms. The molecule has 0 aliphatic rings. The number of hydrogen-bond acceptors (Lipinski definition) is 6. The summed E-state index contributed by atoms with van der Waals surface area (Å²) in [6.45, 7) is 5.96. The van der Waals surface area contributed by atoms with Gasteiger partial charge in [-0.05, 0) is 50.6 Å². The van der Waals surface area contributed by atoms with E-state index in [1.54, 1.807) is 23.1 Å². The molecule has 27 heavy (non-hydrogen) atoms. The second-order valence-corrected chi connectivity index (χ2v) is 9.54. The Morgan fingerprint density at radius 2 is 2.04 bits per heavy atom. The molecule has 0 bridgehead atoms. The molecule has 0 radical (unpaired) electrons. The van der Waals surface area contributed by atoms with Crippen molar-refractivity contribution in [2.24, 2.45) is 7.05 Å². The standard InChI is InChI=1S/C19H18N4OS3/c1-10-7-13(26-19-20-11(2)9-25-19)5-6-15(10)21-17(24)16-8-14-12(3)22-23(4)18(14)27-16/h5-9H,1-4H3,(H,21,24). The number of aromatic nitrogens is 3. The molecule has 1 amide bonds. The van der Waals surface area contributed by atoms with Crippen LogP contribution in [0.5, 0.6) is 0 Å². The zero-order valence-electron chi connectivity index (χ0n) is 15.4. The third-order valence-corrected chi connectivity index (χ3v) is 7.42. The van der Waals surface area contributed by atoms with Crippen molar-refractivity contribution < 1.29 is 4.79 Å². The van der Waals surface area contributed by atoms with Gasteiger partial charge in [0.2, 0.25) is 0 Å². The number of carbonyl (C=O) groups is 1. The molecule has 1 aromatic carbocycles. The van der Waals surface area contributed by atoms with Gasteiger partial charge in [-0.15, -0.1) is 22.7 Å². The van der Waals surface area contributed by atoms with Gasteiger partial charge in [-0.1, -0.05) is 11.8 Å². The number of benzene rings is 1. The highest BCUT2D eigenvalue weighted by Gasteiger charge is 2.16. The van der Waals surface area contributed by atoms with Crippen LogP contribution in [-0.4, -0.2) is 20.7 Å². The lowest BCUT2D eigenvalue weighted by molar-refractivity contribution is 0.103. The number of thiazole rings is 1. The normalized spacial score (nSPS) is 11.3. The molecule has 138 valence electrons. The highest BCUT2D eigenvalue weighted by atomic mass is 32.2. The highest BCUT2D eigenvalue weighted by Crippen LogP contribution is 2.33. The number of amides is 1. The molecule has 0 saturated heterocycles. The molecule has 4 rings (SSSR count). The monoisotopic (exact) mass is 414 g/mol. The molecule has 3 aromatic heterocycles. The highest BCUT2D eigenvalue weighted by molar-refractivity contribution is 8.01. The molecular weight excluding hydrogens is 396 g/mol. The number of thiophene rings is 1. The Bertz CT molecular complexity index is 1120. The van der Waals surface area contributed by atoms with Crippen molar-refractivity contribution in [2.75, 3.05) is 5.32 Å². The van der Waals surface area contributed by atoms with E-state index in [2.05, 4.69) is 21.5 Å². The fourth-order valence-electron chi connectivity index (χ4n) is 2.82. The van der Waals surface area contributed by atoms with E-state index in [-0.39, 0.29) is 5.91 Å². The average Bonchev–Trinajstić information content (AvgIpc) is 3.29. The first-order valence-electron chi connectivity index (χ1n) is 8.36. The maximum atomic E-state index is 12.7. The van der Waals surface area contributed by atoms with Gasteiger partial charge >= 0.3 is 0 Å². The van der Waals surface area contributed by atoms with E-state index in [4.69, 9.17) is 0 Å². The van der Waals surface area contributed by atoms with E-state index in [0.717, 1.165) is 42.1 Å². The van der Waals surface area contributed by atoms with Crippen LogP contribution in [0.15, 0.2) is 38.9 Å². The number of nitrogens with one attached hydrogen (secondary N) is 1. The van der Waals surface area contributed by atoms with E-state index >= 15 is 0 Å². The number of anilines is 1. The maximum Gasteiger partial charge on any atom is 0.265 e. The second kappa shape index (κ2) is 7.10. The van der Waals surface area contributed by atoms with Crippen molar-refractivity contribution in [2.45, 2.75) is 30.0 Å². The summed E-state index contributed by atoms with van der Waals surface area (Å²) in [7, 11) is 1.90. The first-order chi connectivity index (χ1) is 12.9. The summed E-state index contributed by atoms with van der Waals surface area (Å²) in [5, 5.41) is 10.5. The quantitative estimate of drug-likeness (QED) is 0.484. The lowest BCUT2D eigenvalue weighted by Crippen LogP contribution is -2.11. The second-order valence-electron chi connectivity index (χ2n) is 6.33. The van der Waals surface area contributed by atoms with E-state index in [1.165, 1.54) is 11.3 Å². The molecular formula is C19H18N4OS3. The zero-order chi connectivity index (χ0) is 19.1. The molecule has 0 saturated carbocycles. The molecule has 1 N–H and O–H groups in total.